The summed E-state index contributed by atoms with van der Waals surface area (Å²) in [6, 6.07) is 14.0. The first kappa shape index (κ1) is 28.3. The molecule has 12 heteroatoms. The molecule has 0 spiro atoms. The summed E-state index contributed by atoms with van der Waals surface area (Å²) < 4.78 is 4.36. The Balaban J connectivity index is 1.26. The van der Waals surface area contributed by atoms with E-state index in [1.54, 1.807) is 31.3 Å². The van der Waals surface area contributed by atoms with Crippen LogP contribution in [-0.4, -0.2) is 73.4 Å². The van der Waals surface area contributed by atoms with Gasteiger partial charge >= 0.3 is 5.69 Å². The van der Waals surface area contributed by atoms with Crippen LogP contribution in [0.15, 0.2) is 58.1 Å². The van der Waals surface area contributed by atoms with Crippen LogP contribution in [0.5, 0.6) is 0 Å². The number of anilines is 2. The summed E-state index contributed by atoms with van der Waals surface area (Å²) in [4.78, 5) is 74.1. The molecular formula is C31H33N7O5. The highest BCUT2D eigenvalue weighted by molar-refractivity contribution is 6.22. The van der Waals surface area contributed by atoms with E-state index >= 15 is 0 Å². The molecule has 1 unspecified atom stereocenters. The number of piperazine rings is 1. The molecule has 43 heavy (non-hydrogen) atoms. The third kappa shape index (κ3) is 4.87. The van der Waals surface area contributed by atoms with Crippen LogP contribution in [0.1, 0.15) is 34.8 Å². The van der Waals surface area contributed by atoms with Crippen molar-refractivity contribution in [3.05, 3.63) is 86.1 Å². The van der Waals surface area contributed by atoms with Crippen molar-refractivity contribution in [2.75, 3.05) is 36.0 Å². The van der Waals surface area contributed by atoms with Crippen LogP contribution in [0.2, 0.25) is 0 Å². The molecule has 6 rings (SSSR count). The van der Waals surface area contributed by atoms with Gasteiger partial charge in [-0.15, -0.1) is 0 Å². The molecule has 222 valence electrons. The Kier molecular flexibility index (Phi) is 7.09. The molecular weight excluding hydrogens is 550 g/mol. The fourth-order valence-corrected chi connectivity index (χ4v) is 5.95. The number of rotatable bonds is 6. The molecule has 0 aliphatic carbocycles. The number of carbonyl (C=O) groups excluding carboxylic acids is 3. The Bertz CT molecular complexity index is 1880. The highest BCUT2D eigenvalue weighted by Crippen LogP contribution is 2.28. The minimum absolute atomic E-state index is 0.0807. The number of aryl methyl sites for hydroxylation is 2. The highest BCUT2D eigenvalue weighted by atomic mass is 16.2. The third-order valence-corrected chi connectivity index (χ3v) is 8.48. The van der Waals surface area contributed by atoms with Crippen LogP contribution >= 0.6 is 0 Å². The van der Waals surface area contributed by atoms with Gasteiger partial charge in [0.25, 0.3) is 11.5 Å². The third-order valence-electron chi connectivity index (χ3n) is 8.48. The quantitative estimate of drug-likeness (QED) is 0.247. The number of amides is 2. The second kappa shape index (κ2) is 10.8. The molecule has 2 aliphatic heterocycles. The number of ketones is 1. The van der Waals surface area contributed by atoms with E-state index in [2.05, 4.69) is 4.90 Å². The van der Waals surface area contributed by atoms with Gasteiger partial charge in [-0.25, -0.2) is 9.69 Å². The molecule has 2 aliphatic rings. The van der Waals surface area contributed by atoms with Gasteiger partial charge in [-0.3, -0.25) is 37.8 Å². The molecule has 0 bridgehead atoms. The fraction of sp³-hybridized carbons (Fsp3) is 0.355. The van der Waals surface area contributed by atoms with E-state index in [-0.39, 0.29) is 24.0 Å². The number of fused-ring (bicyclic) bond motifs is 1. The van der Waals surface area contributed by atoms with E-state index in [4.69, 9.17) is 4.98 Å². The maximum absolute atomic E-state index is 13.4. The Morgan fingerprint density at radius 3 is 2.16 bits per heavy atom. The van der Waals surface area contributed by atoms with Gasteiger partial charge in [0.2, 0.25) is 11.9 Å². The van der Waals surface area contributed by atoms with Gasteiger partial charge < -0.3 is 4.90 Å². The van der Waals surface area contributed by atoms with Crippen molar-refractivity contribution < 1.29 is 14.4 Å². The number of Topliss-reactive ketones (excluding diaryl/α,β-unsaturated/α-hetero) is 1. The largest absolute Gasteiger partial charge is 0.340 e. The molecule has 0 saturated carbocycles. The smallest absolute Gasteiger partial charge is 0.332 e. The lowest BCUT2D eigenvalue weighted by molar-refractivity contribution is -0.123. The van der Waals surface area contributed by atoms with Crippen molar-refractivity contribution in [3.63, 3.8) is 0 Å². The van der Waals surface area contributed by atoms with Crippen LogP contribution in [0.4, 0.5) is 11.6 Å². The first-order valence-electron chi connectivity index (χ1n) is 14.2. The maximum atomic E-state index is 13.4. The van der Waals surface area contributed by atoms with E-state index in [0.717, 1.165) is 15.7 Å². The van der Waals surface area contributed by atoms with Gasteiger partial charge in [-0.2, -0.15) is 4.98 Å². The predicted octanol–water partition coefficient (Wildman–Crippen LogP) is 1.45. The minimum Gasteiger partial charge on any atom is -0.340 e. The summed E-state index contributed by atoms with van der Waals surface area (Å²) in [7, 11) is 3.07. The summed E-state index contributed by atoms with van der Waals surface area (Å²) in [5.74, 6) is -0.0605. The van der Waals surface area contributed by atoms with Gasteiger partial charge in [0.1, 0.15) is 0 Å². The van der Waals surface area contributed by atoms with E-state index in [1.165, 1.54) is 23.4 Å². The van der Waals surface area contributed by atoms with Gasteiger partial charge in [0.15, 0.2) is 16.9 Å². The second-order valence-corrected chi connectivity index (χ2v) is 11.3. The van der Waals surface area contributed by atoms with E-state index in [1.807, 2.05) is 40.7 Å². The number of hydrogen-bond donors (Lipinski definition) is 0. The van der Waals surface area contributed by atoms with Crippen LogP contribution in [-0.2, 0) is 30.2 Å². The van der Waals surface area contributed by atoms with Crippen molar-refractivity contribution in [3.8, 4) is 0 Å². The van der Waals surface area contributed by atoms with Gasteiger partial charge in [-0.1, -0.05) is 29.8 Å². The lowest BCUT2D eigenvalue weighted by Crippen LogP contribution is -2.53. The summed E-state index contributed by atoms with van der Waals surface area (Å²) in [5.41, 5.74) is 2.91. The van der Waals surface area contributed by atoms with Crippen LogP contribution in [0.25, 0.3) is 11.2 Å². The SMILES string of the molecule is CC(=O)c1ccc(N2C(=O)CC(N3CCN(c4nc5c(c(=O)n(C)c(=O)n5C)n4Cc4ccc(C)cc4)CC3)C2=O)cc1. The van der Waals surface area contributed by atoms with Crippen molar-refractivity contribution in [1.29, 1.82) is 0 Å². The number of nitrogens with zero attached hydrogens (tertiary/aromatic N) is 7. The highest BCUT2D eigenvalue weighted by Gasteiger charge is 2.43. The molecule has 0 N–H and O–H groups in total. The van der Waals surface area contributed by atoms with Crippen LogP contribution < -0.4 is 21.0 Å². The minimum atomic E-state index is -0.582. The number of benzene rings is 2. The Hall–Kier alpha value is -4.84. The molecule has 1 atom stereocenters. The lowest BCUT2D eigenvalue weighted by Gasteiger charge is -2.37. The molecule has 4 heterocycles. The van der Waals surface area contributed by atoms with Crippen molar-refractivity contribution in [1.82, 2.24) is 23.6 Å². The van der Waals surface area contributed by atoms with Crippen LogP contribution in [0.3, 0.4) is 0 Å². The van der Waals surface area contributed by atoms with Gasteiger partial charge in [0, 0.05) is 45.8 Å². The monoisotopic (exact) mass is 583 g/mol. The zero-order valence-corrected chi connectivity index (χ0v) is 24.6. The topological polar surface area (TPSA) is 123 Å². The first-order valence-corrected chi connectivity index (χ1v) is 14.2. The molecule has 0 radical (unpaired) electrons. The van der Waals surface area contributed by atoms with E-state index in [9.17, 15) is 24.0 Å². The number of imide groups is 1. The molecule has 2 aromatic carbocycles. The average Bonchev–Trinajstić information content (AvgIpc) is 3.52. The zero-order chi connectivity index (χ0) is 30.6. The van der Waals surface area contributed by atoms with Gasteiger partial charge in [-0.05, 0) is 43.7 Å². The van der Waals surface area contributed by atoms with Crippen molar-refractivity contribution >= 4 is 40.4 Å². The number of hydrogen-bond acceptors (Lipinski definition) is 8. The lowest BCUT2D eigenvalue weighted by atomic mass is 10.1. The second-order valence-electron chi connectivity index (χ2n) is 11.3. The average molecular weight is 584 g/mol. The molecule has 2 saturated heterocycles. The molecule has 2 fully saturated rings. The maximum Gasteiger partial charge on any atom is 0.332 e. The van der Waals surface area contributed by atoms with Crippen molar-refractivity contribution in [2.24, 2.45) is 14.1 Å². The van der Waals surface area contributed by atoms with E-state index in [0.29, 0.717) is 61.1 Å². The summed E-state index contributed by atoms with van der Waals surface area (Å²) >= 11 is 0. The van der Waals surface area contributed by atoms with Crippen LogP contribution in [0, 0.1) is 6.92 Å². The Morgan fingerprint density at radius 2 is 1.53 bits per heavy atom. The van der Waals surface area contributed by atoms with Gasteiger partial charge in [0.05, 0.1) is 24.7 Å². The number of carbonyl (C=O) groups is 3. The molecule has 4 aromatic rings. The van der Waals surface area contributed by atoms with Crippen molar-refractivity contribution in [2.45, 2.75) is 32.9 Å². The standard InChI is InChI=1S/C31H33N7O5/c1-19-5-7-21(8-6-19)18-37-26-27(33(3)31(43)34(4)29(26)42)32-30(37)36-15-13-35(14-16-36)24-17-25(40)38(28(24)41)23-11-9-22(10-12-23)20(2)39/h5-12,24H,13-18H2,1-4H3. The zero-order valence-electron chi connectivity index (χ0n) is 24.6. The Morgan fingerprint density at radius 1 is 0.884 bits per heavy atom. The summed E-state index contributed by atoms with van der Waals surface area (Å²) in [5, 5.41) is 0. The molecule has 12 nitrogen and oxygen atoms in total. The summed E-state index contributed by atoms with van der Waals surface area (Å²) in [6.45, 7) is 5.91. The number of aromatic nitrogens is 4. The first-order chi connectivity index (χ1) is 20.5. The summed E-state index contributed by atoms with van der Waals surface area (Å²) in [6.07, 6.45) is 0.0807. The molecule has 2 amide bonds. The van der Waals surface area contributed by atoms with E-state index < -0.39 is 17.3 Å². The number of imidazole rings is 1. The predicted molar refractivity (Wildman–Crippen MR) is 162 cm³/mol. The normalized spacial score (nSPS) is 17.8. The fourth-order valence-electron chi connectivity index (χ4n) is 5.95. The Labute approximate surface area is 247 Å². The molecule has 2 aromatic heterocycles.